The van der Waals surface area contributed by atoms with Gasteiger partial charge in [0, 0.05) is 32.4 Å². The molecule has 0 bridgehead atoms. The Morgan fingerprint density at radius 3 is 2.30 bits per heavy atom. The van der Waals surface area contributed by atoms with Gasteiger partial charge in [-0.25, -0.2) is 4.68 Å². The molecule has 0 aliphatic rings. The van der Waals surface area contributed by atoms with Crippen molar-refractivity contribution in [1.82, 2.24) is 40.8 Å². The summed E-state index contributed by atoms with van der Waals surface area (Å²) in [6, 6.07) is 0.689. The maximum Gasteiger partial charge on any atom is 0.500 e. The van der Waals surface area contributed by atoms with E-state index in [2.05, 4.69) is 36.1 Å². The van der Waals surface area contributed by atoms with E-state index in [4.69, 9.17) is 13.3 Å². The molecular weight excluding hydrogens is 320 g/mol. The number of aryl methyl sites for hydroxylation is 1. The van der Waals surface area contributed by atoms with Crippen molar-refractivity contribution in [2.45, 2.75) is 39.8 Å². The quantitative estimate of drug-likeness (QED) is 0.573. The van der Waals surface area contributed by atoms with Crippen molar-refractivity contribution in [1.29, 1.82) is 0 Å². The van der Waals surface area contributed by atoms with Gasteiger partial charge in [0.25, 0.3) is 0 Å². The lowest BCUT2D eigenvalue weighted by atomic mass is 10.4. The van der Waals surface area contributed by atoms with Gasteiger partial charge in [-0.05, 0) is 42.8 Å². The number of aromatic amines is 1. The summed E-state index contributed by atoms with van der Waals surface area (Å²) in [4.78, 5) is 0. The minimum absolute atomic E-state index is 0.359. The number of nitrogens with one attached hydrogen (secondary N) is 1. The Bertz CT molecular complexity index is 546. The molecule has 2 heterocycles. The summed E-state index contributed by atoms with van der Waals surface area (Å²) in [6.07, 6.45) is 0.752. The highest BCUT2D eigenvalue weighted by atomic mass is 28.4. The summed E-state index contributed by atoms with van der Waals surface area (Å²) in [7, 11) is -2.64. The van der Waals surface area contributed by atoms with E-state index in [0.29, 0.717) is 44.1 Å². The molecule has 23 heavy (non-hydrogen) atoms. The van der Waals surface area contributed by atoms with Crippen LogP contribution in [-0.4, -0.2) is 69.5 Å². The number of nitrogens with zero attached hydrogens (tertiary/aromatic N) is 7. The van der Waals surface area contributed by atoms with Crippen LogP contribution in [0.4, 0.5) is 0 Å². The molecule has 0 unspecified atom stereocenters. The van der Waals surface area contributed by atoms with Crippen LogP contribution in [0.3, 0.4) is 0 Å². The molecule has 12 heteroatoms. The Hall–Kier alpha value is -1.76. The third-order valence-electron chi connectivity index (χ3n) is 3.02. The first-order valence-corrected chi connectivity index (χ1v) is 9.59. The van der Waals surface area contributed by atoms with Gasteiger partial charge in [-0.3, -0.25) is 0 Å². The number of hydrogen-bond acceptors (Lipinski definition) is 9. The molecule has 0 fully saturated rings. The minimum atomic E-state index is -2.64. The van der Waals surface area contributed by atoms with Crippen molar-refractivity contribution >= 4 is 8.80 Å². The molecule has 128 valence electrons. The lowest BCUT2D eigenvalue weighted by Crippen LogP contribution is -2.46. The van der Waals surface area contributed by atoms with Crippen LogP contribution in [0.1, 0.15) is 27.2 Å². The summed E-state index contributed by atoms with van der Waals surface area (Å²) in [6.45, 7) is 8.08. The second-order valence-electron chi connectivity index (χ2n) is 4.55. The van der Waals surface area contributed by atoms with Crippen molar-refractivity contribution in [3.63, 3.8) is 0 Å². The lowest BCUT2D eigenvalue weighted by molar-refractivity contribution is 0.0704. The van der Waals surface area contributed by atoms with E-state index in [-0.39, 0.29) is 0 Å². The van der Waals surface area contributed by atoms with Crippen molar-refractivity contribution in [3.05, 3.63) is 0 Å². The summed E-state index contributed by atoms with van der Waals surface area (Å²) < 4.78 is 19.1. The molecule has 0 saturated carbocycles. The van der Waals surface area contributed by atoms with Gasteiger partial charge in [0.2, 0.25) is 11.6 Å². The largest absolute Gasteiger partial charge is 0.500 e. The van der Waals surface area contributed by atoms with E-state index < -0.39 is 8.80 Å². The third kappa shape index (κ3) is 4.60. The molecule has 0 saturated heterocycles. The van der Waals surface area contributed by atoms with Crippen molar-refractivity contribution in [2.24, 2.45) is 0 Å². The van der Waals surface area contributed by atoms with E-state index in [9.17, 15) is 0 Å². The van der Waals surface area contributed by atoms with Gasteiger partial charge in [-0.1, -0.05) is 0 Å². The topological polar surface area (TPSA) is 126 Å². The number of rotatable bonds is 11. The SMILES string of the molecule is CCO[Si](CCCn1nnnc1-c1nn[nH]n1)(OCC)OCC. The van der Waals surface area contributed by atoms with Crippen LogP contribution in [0.15, 0.2) is 0 Å². The van der Waals surface area contributed by atoms with Gasteiger partial charge in [0.1, 0.15) is 0 Å². The Kier molecular flexibility index (Phi) is 6.70. The fraction of sp³-hybridized carbons (Fsp3) is 0.818. The first-order valence-electron chi connectivity index (χ1n) is 7.66. The van der Waals surface area contributed by atoms with Crippen molar-refractivity contribution in [3.8, 4) is 11.6 Å². The van der Waals surface area contributed by atoms with Gasteiger partial charge < -0.3 is 13.3 Å². The van der Waals surface area contributed by atoms with E-state index in [1.54, 1.807) is 4.68 Å². The smallest absolute Gasteiger partial charge is 0.374 e. The van der Waals surface area contributed by atoms with Gasteiger partial charge in [0.15, 0.2) is 0 Å². The van der Waals surface area contributed by atoms with Crippen LogP contribution >= 0.6 is 0 Å². The van der Waals surface area contributed by atoms with E-state index >= 15 is 0 Å². The maximum absolute atomic E-state index is 5.83. The molecule has 0 spiro atoms. The predicted octanol–water partition coefficient (Wildman–Crippen LogP) is 0.292. The van der Waals surface area contributed by atoms with Crippen LogP contribution in [0.25, 0.3) is 11.6 Å². The van der Waals surface area contributed by atoms with Crippen LogP contribution < -0.4 is 0 Å². The molecule has 1 N–H and O–H groups in total. The zero-order chi connectivity index (χ0) is 16.5. The third-order valence-corrected chi connectivity index (χ3v) is 6.17. The first kappa shape index (κ1) is 17.6. The zero-order valence-electron chi connectivity index (χ0n) is 13.6. The molecule has 0 aliphatic heterocycles. The van der Waals surface area contributed by atoms with Crippen LogP contribution in [0, 0.1) is 0 Å². The average molecular weight is 342 g/mol. The van der Waals surface area contributed by atoms with Crippen LogP contribution in [0.2, 0.25) is 6.04 Å². The fourth-order valence-corrected chi connectivity index (χ4v) is 4.81. The highest BCUT2D eigenvalue weighted by Crippen LogP contribution is 2.19. The maximum atomic E-state index is 5.83. The molecule has 0 amide bonds. The zero-order valence-corrected chi connectivity index (χ0v) is 14.6. The standard InChI is InChI=1S/C11H22N8O3Si/c1-4-20-23(21-5-2,22-6-3)9-7-8-19-11(14-17-18-19)10-12-15-16-13-10/h4-9H2,1-3H3,(H,12,13,15,16). The average Bonchev–Trinajstić information content (AvgIpc) is 3.18. The van der Waals surface area contributed by atoms with Crippen LogP contribution in [-0.2, 0) is 19.8 Å². The summed E-state index contributed by atoms with van der Waals surface area (Å²) in [5, 5.41) is 25.2. The molecule has 0 atom stereocenters. The molecule has 2 aromatic rings. The normalized spacial score (nSPS) is 12.0. The number of H-pyrrole nitrogens is 1. The molecule has 0 radical (unpaired) electrons. The molecule has 2 rings (SSSR count). The predicted molar refractivity (Wildman–Crippen MR) is 81.0 cm³/mol. The van der Waals surface area contributed by atoms with Crippen LogP contribution in [0.5, 0.6) is 0 Å². The Balaban J connectivity index is 1.98. The second-order valence-corrected chi connectivity index (χ2v) is 7.28. The van der Waals surface area contributed by atoms with Gasteiger partial charge in [-0.2, -0.15) is 5.21 Å². The Morgan fingerprint density at radius 1 is 1.04 bits per heavy atom. The number of tetrazole rings is 2. The number of aromatic nitrogens is 8. The van der Waals surface area contributed by atoms with E-state index in [0.717, 1.165) is 6.42 Å². The fourth-order valence-electron chi connectivity index (χ4n) is 2.22. The van der Waals surface area contributed by atoms with E-state index in [1.807, 2.05) is 20.8 Å². The Labute approximate surface area is 135 Å². The Morgan fingerprint density at radius 2 is 1.74 bits per heavy atom. The highest BCUT2D eigenvalue weighted by molar-refractivity contribution is 6.60. The van der Waals surface area contributed by atoms with E-state index in [1.165, 1.54) is 0 Å². The molecule has 11 nitrogen and oxygen atoms in total. The van der Waals surface area contributed by atoms with Gasteiger partial charge >= 0.3 is 8.80 Å². The summed E-state index contributed by atoms with van der Waals surface area (Å²) >= 11 is 0. The van der Waals surface area contributed by atoms with Crippen molar-refractivity contribution < 1.29 is 13.3 Å². The molecular formula is C11H22N8O3Si. The van der Waals surface area contributed by atoms with Gasteiger partial charge in [-0.15, -0.1) is 15.3 Å². The number of hydrogen-bond donors (Lipinski definition) is 1. The minimum Gasteiger partial charge on any atom is -0.374 e. The molecule has 2 aromatic heterocycles. The molecule has 0 aromatic carbocycles. The second kappa shape index (κ2) is 8.76. The van der Waals surface area contributed by atoms with Gasteiger partial charge in [0.05, 0.1) is 0 Å². The molecule has 0 aliphatic carbocycles. The monoisotopic (exact) mass is 342 g/mol. The first-order chi connectivity index (χ1) is 11.2. The van der Waals surface area contributed by atoms with Crippen molar-refractivity contribution in [2.75, 3.05) is 19.8 Å². The highest BCUT2D eigenvalue weighted by Gasteiger charge is 2.39. The summed E-state index contributed by atoms with van der Waals surface area (Å²) in [5.74, 6) is 0.827. The summed E-state index contributed by atoms with van der Waals surface area (Å²) in [5.41, 5.74) is 0. The lowest BCUT2D eigenvalue weighted by Gasteiger charge is -2.28.